The van der Waals surface area contributed by atoms with Gasteiger partial charge >= 0.3 is 6.09 Å². The van der Waals surface area contributed by atoms with Crippen LogP contribution in [-0.4, -0.2) is 27.1 Å². The van der Waals surface area contributed by atoms with Crippen molar-refractivity contribution >= 4 is 11.8 Å². The molecule has 1 heterocycles. The fourth-order valence-corrected chi connectivity index (χ4v) is 2.24. The molecule has 0 fully saturated rings. The third kappa shape index (κ3) is 2.39. The Labute approximate surface area is 103 Å². The largest absolute Gasteiger partial charge is 0.465 e. The first-order valence-corrected chi connectivity index (χ1v) is 5.60. The number of hydrogen-bond acceptors (Lipinski definition) is 4. The van der Waals surface area contributed by atoms with Crippen molar-refractivity contribution in [1.82, 2.24) is 10.3 Å². The van der Waals surface area contributed by atoms with Crippen molar-refractivity contribution in [2.75, 3.05) is 0 Å². The van der Waals surface area contributed by atoms with Gasteiger partial charge in [0.25, 0.3) is 5.69 Å². The maximum Gasteiger partial charge on any atom is 0.404 e. The highest BCUT2D eigenvalue weighted by molar-refractivity contribution is 5.65. The Morgan fingerprint density at radius 2 is 2.39 bits per heavy atom. The van der Waals surface area contributed by atoms with E-state index < -0.39 is 11.0 Å². The van der Waals surface area contributed by atoms with Crippen LogP contribution in [0.4, 0.5) is 10.5 Å². The molecule has 0 bridgehead atoms. The summed E-state index contributed by atoms with van der Waals surface area (Å²) in [6.45, 7) is 1.61. The van der Waals surface area contributed by atoms with Gasteiger partial charge in [0.15, 0.2) is 0 Å². The highest BCUT2D eigenvalue weighted by atomic mass is 16.6. The molecule has 1 aromatic rings. The topological polar surface area (TPSA) is 105 Å². The number of aryl methyl sites for hydroxylation is 2. The van der Waals surface area contributed by atoms with Crippen LogP contribution < -0.4 is 5.32 Å². The number of nitrogens with one attached hydrogen (secondary N) is 1. The third-order valence-corrected chi connectivity index (χ3v) is 3.08. The van der Waals surface area contributed by atoms with E-state index in [1.807, 2.05) is 0 Å². The number of fused-ring (bicyclic) bond motifs is 1. The van der Waals surface area contributed by atoms with Gasteiger partial charge < -0.3 is 10.4 Å². The molecule has 0 aromatic carbocycles. The van der Waals surface area contributed by atoms with Crippen LogP contribution in [0.2, 0.25) is 0 Å². The number of pyridine rings is 1. The second-order valence-corrected chi connectivity index (χ2v) is 4.35. The minimum absolute atomic E-state index is 0.00951. The third-order valence-electron chi connectivity index (χ3n) is 3.08. The van der Waals surface area contributed by atoms with Crippen LogP contribution in [0.1, 0.15) is 23.4 Å². The number of nitrogens with zero attached hydrogens (tertiary/aromatic N) is 2. The highest BCUT2D eigenvalue weighted by Crippen LogP contribution is 2.26. The van der Waals surface area contributed by atoms with E-state index in [4.69, 9.17) is 5.11 Å². The molecule has 0 saturated carbocycles. The maximum atomic E-state index is 10.8. The molecule has 1 amide bonds. The van der Waals surface area contributed by atoms with Crippen LogP contribution in [0.5, 0.6) is 0 Å². The molecule has 0 radical (unpaired) electrons. The summed E-state index contributed by atoms with van der Waals surface area (Å²) >= 11 is 0. The van der Waals surface area contributed by atoms with Gasteiger partial charge in [0, 0.05) is 17.8 Å². The van der Waals surface area contributed by atoms with E-state index in [2.05, 4.69) is 10.3 Å². The first-order chi connectivity index (χ1) is 8.47. The smallest absolute Gasteiger partial charge is 0.404 e. The summed E-state index contributed by atoms with van der Waals surface area (Å²) in [6.07, 6.45) is 0.691. The number of hydrogen-bond donors (Lipinski definition) is 2. The Morgan fingerprint density at radius 3 is 3.00 bits per heavy atom. The summed E-state index contributed by atoms with van der Waals surface area (Å²) in [5.41, 5.74) is 1.99. The predicted octanol–water partition coefficient (Wildman–Crippen LogP) is 1.42. The van der Waals surface area contributed by atoms with E-state index >= 15 is 0 Å². The quantitative estimate of drug-likeness (QED) is 0.610. The molecule has 7 nitrogen and oxygen atoms in total. The van der Waals surface area contributed by atoms with Gasteiger partial charge in [0.1, 0.15) is 5.69 Å². The number of carbonyl (C=O) groups is 1. The zero-order valence-corrected chi connectivity index (χ0v) is 9.84. The van der Waals surface area contributed by atoms with E-state index in [-0.39, 0.29) is 11.7 Å². The Morgan fingerprint density at radius 1 is 1.67 bits per heavy atom. The van der Waals surface area contributed by atoms with Gasteiger partial charge in [-0.3, -0.25) is 15.1 Å². The van der Waals surface area contributed by atoms with Crippen molar-refractivity contribution in [1.29, 1.82) is 0 Å². The molecule has 2 rings (SSSR count). The summed E-state index contributed by atoms with van der Waals surface area (Å²) in [4.78, 5) is 25.2. The van der Waals surface area contributed by atoms with Crippen LogP contribution in [0.15, 0.2) is 6.07 Å². The van der Waals surface area contributed by atoms with Crippen LogP contribution in [0, 0.1) is 17.0 Å². The van der Waals surface area contributed by atoms with E-state index in [1.54, 1.807) is 6.92 Å². The number of aromatic nitrogens is 1. The Balaban J connectivity index is 2.28. The molecule has 0 saturated heterocycles. The minimum atomic E-state index is -1.07. The maximum absolute atomic E-state index is 10.8. The standard InChI is InChI=1S/C11H13N3O4/c1-6-10(14(17)18)5-7-4-8(13-11(15)16)2-3-9(7)12-6/h5,8,13H,2-4H2,1H3,(H,15,16). The zero-order valence-electron chi connectivity index (χ0n) is 9.84. The van der Waals surface area contributed by atoms with Crippen molar-refractivity contribution in [3.63, 3.8) is 0 Å². The average molecular weight is 251 g/mol. The van der Waals surface area contributed by atoms with E-state index in [0.29, 0.717) is 25.0 Å². The van der Waals surface area contributed by atoms with Gasteiger partial charge in [-0.25, -0.2) is 4.79 Å². The number of rotatable bonds is 2. The number of nitro groups is 1. The molecule has 7 heteroatoms. The van der Waals surface area contributed by atoms with Gasteiger partial charge in [-0.2, -0.15) is 0 Å². The Hall–Kier alpha value is -2.18. The Kier molecular flexibility index (Phi) is 3.14. The van der Waals surface area contributed by atoms with Gasteiger partial charge in [-0.1, -0.05) is 0 Å². The van der Waals surface area contributed by atoms with E-state index in [0.717, 1.165) is 11.3 Å². The Bertz CT molecular complexity index is 515. The molecule has 0 spiro atoms. The molecule has 2 N–H and O–H groups in total. The van der Waals surface area contributed by atoms with Gasteiger partial charge in [0.05, 0.1) is 4.92 Å². The highest BCUT2D eigenvalue weighted by Gasteiger charge is 2.24. The molecule has 18 heavy (non-hydrogen) atoms. The van der Waals surface area contributed by atoms with Crippen molar-refractivity contribution < 1.29 is 14.8 Å². The van der Waals surface area contributed by atoms with Crippen LogP contribution in [0.25, 0.3) is 0 Å². The first kappa shape index (κ1) is 12.3. The normalized spacial score (nSPS) is 17.9. The lowest BCUT2D eigenvalue weighted by molar-refractivity contribution is -0.385. The number of amides is 1. The van der Waals surface area contributed by atoms with Gasteiger partial charge in [-0.05, 0) is 31.7 Å². The van der Waals surface area contributed by atoms with Crippen molar-refractivity contribution in [3.05, 3.63) is 33.1 Å². The lowest BCUT2D eigenvalue weighted by Gasteiger charge is -2.23. The van der Waals surface area contributed by atoms with Crippen molar-refractivity contribution in [2.45, 2.75) is 32.2 Å². The van der Waals surface area contributed by atoms with Crippen molar-refractivity contribution in [2.24, 2.45) is 0 Å². The SMILES string of the molecule is Cc1nc2c(cc1[N+](=O)[O-])CC(NC(=O)O)CC2. The van der Waals surface area contributed by atoms with Gasteiger partial charge in [0.2, 0.25) is 0 Å². The summed E-state index contributed by atoms with van der Waals surface area (Å²) in [5.74, 6) is 0. The second kappa shape index (κ2) is 4.59. The van der Waals surface area contributed by atoms with Crippen molar-refractivity contribution in [3.8, 4) is 0 Å². The summed E-state index contributed by atoms with van der Waals surface area (Å²) < 4.78 is 0. The first-order valence-electron chi connectivity index (χ1n) is 5.60. The van der Waals surface area contributed by atoms with E-state index in [1.165, 1.54) is 6.07 Å². The summed E-state index contributed by atoms with van der Waals surface area (Å²) in [7, 11) is 0. The number of carboxylic acid groups (broad SMARTS) is 1. The fraction of sp³-hybridized carbons (Fsp3) is 0.455. The molecule has 1 atom stereocenters. The molecule has 1 unspecified atom stereocenters. The molecule has 1 aliphatic rings. The molecule has 96 valence electrons. The second-order valence-electron chi connectivity index (χ2n) is 4.35. The van der Waals surface area contributed by atoms with Gasteiger partial charge in [-0.15, -0.1) is 0 Å². The monoisotopic (exact) mass is 251 g/mol. The van der Waals surface area contributed by atoms with Crippen LogP contribution in [-0.2, 0) is 12.8 Å². The molecule has 1 aromatic heterocycles. The average Bonchev–Trinajstić information content (AvgIpc) is 2.27. The van der Waals surface area contributed by atoms with E-state index in [9.17, 15) is 14.9 Å². The minimum Gasteiger partial charge on any atom is -0.465 e. The van der Waals surface area contributed by atoms with Crippen LogP contribution in [0.3, 0.4) is 0 Å². The molecule has 1 aliphatic carbocycles. The fourth-order valence-electron chi connectivity index (χ4n) is 2.24. The lowest BCUT2D eigenvalue weighted by Crippen LogP contribution is -2.38. The van der Waals surface area contributed by atoms with Crippen LogP contribution >= 0.6 is 0 Å². The molecular weight excluding hydrogens is 238 g/mol. The molecule has 0 aliphatic heterocycles. The lowest BCUT2D eigenvalue weighted by atomic mass is 9.91. The zero-order chi connectivity index (χ0) is 13.3. The summed E-state index contributed by atoms with van der Waals surface area (Å²) in [6, 6.07) is 1.31. The molecular formula is C11H13N3O4. The summed E-state index contributed by atoms with van der Waals surface area (Å²) in [5, 5.41) is 21.9. The predicted molar refractivity (Wildman–Crippen MR) is 62.6 cm³/mol.